The molecular formula is C20H18ClN3O3S2. The second kappa shape index (κ2) is 9.69. The number of carbonyl (C=O) groups is 2. The highest BCUT2D eigenvalue weighted by atomic mass is 35.5. The monoisotopic (exact) mass is 447 g/mol. The number of thiophene rings is 1. The molecule has 0 unspecified atom stereocenters. The summed E-state index contributed by atoms with van der Waals surface area (Å²) in [7, 11) is 0. The van der Waals surface area contributed by atoms with Gasteiger partial charge in [0, 0.05) is 15.6 Å². The first kappa shape index (κ1) is 21.0. The first-order valence-electron chi connectivity index (χ1n) is 8.81. The Labute approximate surface area is 182 Å². The van der Waals surface area contributed by atoms with E-state index >= 15 is 0 Å². The third-order valence-corrected chi connectivity index (χ3v) is 5.71. The van der Waals surface area contributed by atoms with E-state index in [0.717, 1.165) is 16.5 Å². The predicted molar refractivity (Wildman–Crippen MR) is 120 cm³/mol. The summed E-state index contributed by atoms with van der Waals surface area (Å²) in [5.74, 6) is -0.257. The van der Waals surface area contributed by atoms with E-state index in [1.54, 1.807) is 24.3 Å². The highest BCUT2D eigenvalue weighted by Gasteiger charge is 2.17. The lowest BCUT2D eigenvalue weighted by molar-refractivity contribution is 0.0938. The number of fused-ring (bicyclic) bond motifs is 1. The molecule has 3 rings (SSSR count). The van der Waals surface area contributed by atoms with Crippen molar-refractivity contribution in [3.05, 3.63) is 64.0 Å². The minimum absolute atomic E-state index is 0.0412. The van der Waals surface area contributed by atoms with Crippen LogP contribution in [0.15, 0.2) is 48.5 Å². The lowest BCUT2D eigenvalue weighted by atomic mass is 10.2. The van der Waals surface area contributed by atoms with Crippen LogP contribution in [0.2, 0.25) is 5.02 Å². The van der Waals surface area contributed by atoms with Crippen LogP contribution in [0.3, 0.4) is 0 Å². The molecule has 150 valence electrons. The van der Waals surface area contributed by atoms with Crippen LogP contribution in [0.5, 0.6) is 5.75 Å². The van der Waals surface area contributed by atoms with Crippen molar-refractivity contribution in [2.24, 2.45) is 0 Å². The van der Waals surface area contributed by atoms with E-state index in [9.17, 15) is 9.59 Å². The molecule has 0 saturated heterocycles. The molecule has 0 atom stereocenters. The summed E-state index contributed by atoms with van der Waals surface area (Å²) in [6.45, 7) is 2.57. The number of amides is 2. The quantitative estimate of drug-likeness (QED) is 0.401. The Hall–Kier alpha value is -2.68. The van der Waals surface area contributed by atoms with E-state index in [-0.39, 0.29) is 5.11 Å². The number of hydrazine groups is 1. The van der Waals surface area contributed by atoms with Crippen LogP contribution in [0.1, 0.15) is 33.4 Å². The van der Waals surface area contributed by atoms with Gasteiger partial charge in [-0.05, 0) is 42.9 Å². The van der Waals surface area contributed by atoms with E-state index in [4.69, 9.17) is 28.6 Å². The standard InChI is InChI=1S/C20H18ClN3O3S2/c1-2-10-27-13-7-5-6-12(11-13)18(25)22-20(28)24-23-19(26)17-16(21)14-8-3-4-9-15(14)29-17/h3-9,11H,2,10H2,1H3,(H,23,26)(H2,22,24,25,28). The molecular weight excluding hydrogens is 430 g/mol. The van der Waals surface area contributed by atoms with Crippen LogP contribution in [0.4, 0.5) is 0 Å². The molecule has 0 fully saturated rings. The van der Waals surface area contributed by atoms with Crippen molar-refractivity contribution in [3.8, 4) is 5.75 Å². The van der Waals surface area contributed by atoms with Gasteiger partial charge in [0.1, 0.15) is 10.6 Å². The van der Waals surface area contributed by atoms with Crippen LogP contribution in [0.25, 0.3) is 10.1 Å². The predicted octanol–water partition coefficient (Wildman–Crippen LogP) is 4.29. The van der Waals surface area contributed by atoms with Crippen molar-refractivity contribution in [1.82, 2.24) is 16.2 Å². The third-order valence-electron chi connectivity index (χ3n) is 3.83. The fourth-order valence-electron chi connectivity index (χ4n) is 2.48. The Morgan fingerprint density at radius 3 is 2.66 bits per heavy atom. The van der Waals surface area contributed by atoms with Crippen molar-refractivity contribution in [3.63, 3.8) is 0 Å². The number of ether oxygens (including phenoxy) is 1. The highest BCUT2D eigenvalue weighted by molar-refractivity contribution is 7.80. The number of hydrogen-bond donors (Lipinski definition) is 3. The maximum atomic E-state index is 12.4. The van der Waals surface area contributed by atoms with E-state index < -0.39 is 11.8 Å². The van der Waals surface area contributed by atoms with Crippen LogP contribution < -0.4 is 20.9 Å². The Morgan fingerprint density at radius 2 is 1.90 bits per heavy atom. The summed E-state index contributed by atoms with van der Waals surface area (Å²) in [5, 5.41) is 3.66. The van der Waals surface area contributed by atoms with Gasteiger partial charge in [0.15, 0.2) is 5.11 Å². The van der Waals surface area contributed by atoms with E-state index in [0.29, 0.717) is 27.8 Å². The van der Waals surface area contributed by atoms with Gasteiger partial charge in [-0.15, -0.1) is 11.3 Å². The summed E-state index contributed by atoms with van der Waals surface area (Å²) >= 11 is 12.6. The first-order chi connectivity index (χ1) is 14.0. The molecule has 0 saturated carbocycles. The number of hydrogen-bond acceptors (Lipinski definition) is 5. The molecule has 3 aromatic rings. The molecule has 3 N–H and O–H groups in total. The molecule has 29 heavy (non-hydrogen) atoms. The van der Waals surface area contributed by atoms with Gasteiger partial charge < -0.3 is 4.74 Å². The van der Waals surface area contributed by atoms with Crippen LogP contribution in [-0.4, -0.2) is 23.5 Å². The number of nitrogens with one attached hydrogen (secondary N) is 3. The van der Waals surface area contributed by atoms with E-state index in [1.165, 1.54) is 11.3 Å². The smallest absolute Gasteiger partial charge is 0.281 e. The van der Waals surface area contributed by atoms with Gasteiger partial charge in [-0.2, -0.15) is 0 Å². The van der Waals surface area contributed by atoms with Crippen molar-refractivity contribution in [2.75, 3.05) is 6.61 Å². The minimum Gasteiger partial charge on any atom is -0.494 e. The van der Waals surface area contributed by atoms with Gasteiger partial charge in [0.2, 0.25) is 0 Å². The van der Waals surface area contributed by atoms with Gasteiger partial charge in [0.25, 0.3) is 11.8 Å². The van der Waals surface area contributed by atoms with E-state index in [1.807, 2.05) is 31.2 Å². The average Bonchev–Trinajstić information content (AvgIpc) is 3.07. The number of benzene rings is 2. The van der Waals surface area contributed by atoms with Crippen LogP contribution in [0, 0.1) is 0 Å². The zero-order valence-electron chi connectivity index (χ0n) is 15.5. The summed E-state index contributed by atoms with van der Waals surface area (Å²) in [6, 6.07) is 14.2. The maximum Gasteiger partial charge on any atom is 0.281 e. The van der Waals surface area contributed by atoms with Crippen LogP contribution >= 0.6 is 35.2 Å². The molecule has 1 heterocycles. The summed E-state index contributed by atoms with van der Waals surface area (Å²) in [5.41, 5.74) is 5.36. The molecule has 2 amide bonds. The molecule has 0 spiro atoms. The average molecular weight is 448 g/mol. The molecule has 0 radical (unpaired) electrons. The van der Waals surface area contributed by atoms with Crippen LogP contribution in [-0.2, 0) is 0 Å². The molecule has 0 aliphatic heterocycles. The molecule has 0 aliphatic rings. The van der Waals surface area contributed by atoms with Crippen molar-refractivity contribution in [1.29, 1.82) is 0 Å². The summed E-state index contributed by atoms with van der Waals surface area (Å²) in [4.78, 5) is 25.1. The Kier molecular flexibility index (Phi) is 7.03. The lowest BCUT2D eigenvalue weighted by Crippen LogP contribution is -2.48. The Morgan fingerprint density at radius 1 is 1.10 bits per heavy atom. The molecule has 1 aromatic heterocycles. The highest BCUT2D eigenvalue weighted by Crippen LogP contribution is 2.34. The molecule has 9 heteroatoms. The van der Waals surface area contributed by atoms with Gasteiger partial charge in [-0.3, -0.25) is 25.8 Å². The van der Waals surface area contributed by atoms with Crippen molar-refractivity contribution >= 4 is 62.2 Å². The first-order valence-corrected chi connectivity index (χ1v) is 10.4. The molecule has 6 nitrogen and oxygen atoms in total. The van der Waals surface area contributed by atoms with Gasteiger partial charge in [0.05, 0.1) is 11.6 Å². The Balaban J connectivity index is 1.57. The number of rotatable bonds is 5. The van der Waals surface area contributed by atoms with E-state index in [2.05, 4.69) is 16.2 Å². The SMILES string of the molecule is CCCOc1cccc(C(=O)NC(=S)NNC(=O)c2sc3ccccc3c2Cl)c1. The largest absolute Gasteiger partial charge is 0.494 e. The second-order valence-electron chi connectivity index (χ2n) is 5.98. The Bertz CT molecular complexity index is 1070. The maximum absolute atomic E-state index is 12.4. The number of carbonyl (C=O) groups excluding carboxylic acids is 2. The summed E-state index contributed by atoms with van der Waals surface area (Å²) < 4.78 is 6.42. The normalized spacial score (nSPS) is 10.4. The van der Waals surface area contributed by atoms with Gasteiger partial charge in [-0.25, -0.2) is 0 Å². The fraction of sp³-hybridized carbons (Fsp3) is 0.150. The minimum atomic E-state index is -0.442. The lowest BCUT2D eigenvalue weighted by Gasteiger charge is -2.11. The third kappa shape index (κ3) is 5.23. The zero-order valence-corrected chi connectivity index (χ0v) is 17.8. The zero-order chi connectivity index (χ0) is 20.8. The molecule has 0 bridgehead atoms. The number of thiocarbonyl (C=S) groups is 1. The molecule has 0 aliphatic carbocycles. The van der Waals surface area contributed by atoms with Crippen molar-refractivity contribution in [2.45, 2.75) is 13.3 Å². The van der Waals surface area contributed by atoms with Gasteiger partial charge >= 0.3 is 0 Å². The van der Waals surface area contributed by atoms with Gasteiger partial charge in [-0.1, -0.05) is 42.8 Å². The topological polar surface area (TPSA) is 79.5 Å². The van der Waals surface area contributed by atoms with Crippen molar-refractivity contribution < 1.29 is 14.3 Å². The molecule has 2 aromatic carbocycles. The fourth-order valence-corrected chi connectivity index (χ4v) is 4.04. The second-order valence-corrected chi connectivity index (χ2v) is 7.82. The number of halogens is 1. The summed E-state index contributed by atoms with van der Waals surface area (Å²) in [6.07, 6.45) is 0.869.